The Kier molecular flexibility index (Phi) is 6.51. The van der Waals surface area contributed by atoms with Crippen molar-refractivity contribution < 1.29 is 8.42 Å². The van der Waals surface area contributed by atoms with Gasteiger partial charge in [-0.15, -0.1) is 0 Å². The van der Waals surface area contributed by atoms with Crippen LogP contribution in [0.4, 0.5) is 0 Å². The summed E-state index contributed by atoms with van der Waals surface area (Å²) in [6.07, 6.45) is 0.676. The average molecular weight is 314 g/mol. The number of nitrogens with one attached hydrogen (secondary N) is 1. The van der Waals surface area contributed by atoms with Crippen molar-refractivity contribution in [2.75, 3.05) is 11.1 Å². The third kappa shape index (κ3) is 7.63. The third-order valence-electron chi connectivity index (χ3n) is 2.42. The predicted molar refractivity (Wildman–Crippen MR) is 73.4 cm³/mol. The number of hydrogen-bond acceptors (Lipinski definition) is 2. The number of hydrogen-bond donors (Lipinski definition) is 1. The summed E-state index contributed by atoms with van der Waals surface area (Å²) in [5, 5.41) is 0.652. The first kappa shape index (κ1) is 16.4. The Hall–Kier alpha value is 0.390. The largest absolute Gasteiger partial charge is 0.212 e. The number of sulfonamides is 1. The van der Waals surface area contributed by atoms with E-state index in [2.05, 4.69) is 20.7 Å². The van der Waals surface area contributed by atoms with E-state index in [0.29, 0.717) is 17.7 Å². The Morgan fingerprint density at radius 1 is 1.25 bits per heavy atom. The van der Waals surface area contributed by atoms with Gasteiger partial charge in [-0.25, -0.2) is 13.1 Å². The lowest BCUT2D eigenvalue weighted by Gasteiger charge is -2.22. The molecule has 1 unspecified atom stereocenters. The summed E-state index contributed by atoms with van der Waals surface area (Å²) in [5.74, 6) is 0.496. The highest BCUT2D eigenvalue weighted by Crippen LogP contribution is 2.19. The number of rotatable bonds is 6. The molecule has 16 heavy (non-hydrogen) atoms. The van der Waals surface area contributed by atoms with Crippen molar-refractivity contribution >= 4 is 26.0 Å². The maximum absolute atomic E-state index is 11.8. The van der Waals surface area contributed by atoms with E-state index in [0.717, 1.165) is 0 Å². The second-order valence-corrected chi connectivity index (χ2v) is 8.27. The van der Waals surface area contributed by atoms with Gasteiger partial charge in [-0.3, -0.25) is 0 Å². The van der Waals surface area contributed by atoms with E-state index in [1.807, 2.05) is 34.6 Å². The minimum atomic E-state index is -3.15. The maximum atomic E-state index is 11.8. The molecule has 0 aromatic rings. The van der Waals surface area contributed by atoms with E-state index in [1.165, 1.54) is 0 Å². The van der Waals surface area contributed by atoms with Crippen molar-refractivity contribution in [1.82, 2.24) is 4.72 Å². The Balaban J connectivity index is 4.35. The van der Waals surface area contributed by atoms with Crippen molar-refractivity contribution in [3.8, 4) is 0 Å². The van der Waals surface area contributed by atoms with Crippen LogP contribution in [-0.4, -0.2) is 25.5 Å². The first-order chi connectivity index (χ1) is 7.07. The smallest absolute Gasteiger partial charge is 0.211 e. The van der Waals surface area contributed by atoms with Crippen LogP contribution in [0.25, 0.3) is 0 Å². The highest BCUT2D eigenvalue weighted by atomic mass is 79.9. The van der Waals surface area contributed by atoms with Crippen LogP contribution >= 0.6 is 15.9 Å². The van der Waals surface area contributed by atoms with Gasteiger partial charge in [-0.2, -0.15) is 0 Å². The van der Waals surface area contributed by atoms with Gasteiger partial charge in [-0.1, -0.05) is 50.5 Å². The molecule has 0 saturated carbocycles. The van der Waals surface area contributed by atoms with Gasteiger partial charge < -0.3 is 0 Å². The quantitative estimate of drug-likeness (QED) is 0.766. The Bertz CT molecular complexity index is 294. The molecule has 0 rings (SSSR count). The SMILES string of the molecule is CC(C)C(CBr)NS(=O)(=O)CCC(C)(C)C. The molecule has 0 bridgehead atoms. The molecule has 0 aromatic carbocycles. The minimum Gasteiger partial charge on any atom is -0.212 e. The number of halogens is 1. The molecule has 0 fully saturated rings. The van der Waals surface area contributed by atoms with Crippen LogP contribution in [0.1, 0.15) is 41.0 Å². The molecule has 0 aliphatic carbocycles. The average Bonchev–Trinajstić information content (AvgIpc) is 2.10. The zero-order chi connectivity index (χ0) is 13.0. The van der Waals surface area contributed by atoms with E-state index in [1.54, 1.807) is 0 Å². The summed E-state index contributed by atoms with van der Waals surface area (Å²) in [7, 11) is -3.15. The summed E-state index contributed by atoms with van der Waals surface area (Å²) in [4.78, 5) is 0. The summed E-state index contributed by atoms with van der Waals surface area (Å²) < 4.78 is 26.4. The second-order valence-electron chi connectivity index (χ2n) is 5.75. The van der Waals surface area contributed by atoms with Crippen molar-refractivity contribution in [1.29, 1.82) is 0 Å². The Labute approximate surface area is 109 Å². The van der Waals surface area contributed by atoms with E-state index >= 15 is 0 Å². The molecule has 0 aliphatic rings. The maximum Gasteiger partial charge on any atom is 0.211 e. The van der Waals surface area contributed by atoms with Crippen LogP contribution in [0.15, 0.2) is 0 Å². The van der Waals surface area contributed by atoms with Gasteiger partial charge in [0.1, 0.15) is 0 Å². The van der Waals surface area contributed by atoms with E-state index in [4.69, 9.17) is 0 Å². The molecule has 0 spiro atoms. The normalized spacial score (nSPS) is 15.4. The molecule has 5 heteroatoms. The van der Waals surface area contributed by atoms with Crippen molar-refractivity contribution in [2.45, 2.75) is 47.1 Å². The molecule has 1 N–H and O–H groups in total. The molecule has 0 heterocycles. The van der Waals surface area contributed by atoms with Crippen LogP contribution in [0.2, 0.25) is 0 Å². The first-order valence-corrected chi connectivity index (χ1v) is 8.41. The Morgan fingerprint density at radius 3 is 2.06 bits per heavy atom. The van der Waals surface area contributed by atoms with Crippen LogP contribution in [0, 0.1) is 11.3 Å². The summed E-state index contributed by atoms with van der Waals surface area (Å²) in [6.45, 7) is 10.2. The summed E-state index contributed by atoms with van der Waals surface area (Å²) >= 11 is 3.33. The zero-order valence-corrected chi connectivity index (χ0v) is 13.3. The van der Waals surface area contributed by atoms with Crippen LogP contribution in [0.3, 0.4) is 0 Å². The standard InChI is InChI=1S/C11H24BrNO2S/c1-9(2)10(8-12)13-16(14,15)7-6-11(3,4)5/h9-10,13H,6-8H2,1-5H3. The van der Waals surface area contributed by atoms with Crippen LogP contribution in [-0.2, 0) is 10.0 Å². The molecule has 98 valence electrons. The zero-order valence-electron chi connectivity index (χ0n) is 10.9. The van der Waals surface area contributed by atoms with Crippen molar-refractivity contribution in [3.05, 3.63) is 0 Å². The van der Waals surface area contributed by atoms with E-state index in [-0.39, 0.29) is 17.2 Å². The molecular weight excluding hydrogens is 290 g/mol. The lowest BCUT2D eigenvalue weighted by molar-refractivity contribution is 0.394. The molecule has 3 nitrogen and oxygen atoms in total. The lowest BCUT2D eigenvalue weighted by Crippen LogP contribution is -2.41. The van der Waals surface area contributed by atoms with Gasteiger partial charge >= 0.3 is 0 Å². The van der Waals surface area contributed by atoms with Crippen LogP contribution in [0.5, 0.6) is 0 Å². The number of alkyl halides is 1. The highest BCUT2D eigenvalue weighted by molar-refractivity contribution is 9.09. The Morgan fingerprint density at radius 2 is 1.75 bits per heavy atom. The molecule has 0 radical (unpaired) electrons. The van der Waals surface area contributed by atoms with Gasteiger partial charge in [-0.05, 0) is 17.8 Å². The molecule has 0 aromatic heterocycles. The summed E-state index contributed by atoms with van der Waals surface area (Å²) in [6, 6.07) is -0.0232. The third-order valence-corrected chi connectivity index (χ3v) is 4.52. The van der Waals surface area contributed by atoms with Crippen LogP contribution < -0.4 is 4.72 Å². The highest BCUT2D eigenvalue weighted by Gasteiger charge is 2.22. The fraction of sp³-hybridized carbons (Fsp3) is 1.00. The van der Waals surface area contributed by atoms with E-state index < -0.39 is 10.0 Å². The molecular formula is C11H24BrNO2S. The minimum absolute atomic E-state index is 0.0232. The van der Waals surface area contributed by atoms with Crippen molar-refractivity contribution in [3.63, 3.8) is 0 Å². The monoisotopic (exact) mass is 313 g/mol. The molecule has 0 aliphatic heterocycles. The topological polar surface area (TPSA) is 46.2 Å². The van der Waals surface area contributed by atoms with Crippen molar-refractivity contribution in [2.24, 2.45) is 11.3 Å². The predicted octanol–water partition coefficient (Wildman–Crippen LogP) is 2.76. The lowest BCUT2D eigenvalue weighted by atomic mass is 9.94. The van der Waals surface area contributed by atoms with E-state index in [9.17, 15) is 8.42 Å². The summed E-state index contributed by atoms with van der Waals surface area (Å²) in [5.41, 5.74) is 0.0521. The molecule has 1 atom stereocenters. The fourth-order valence-electron chi connectivity index (χ4n) is 1.08. The van der Waals surface area contributed by atoms with Gasteiger partial charge in [0.05, 0.1) is 5.75 Å². The molecule has 0 amide bonds. The van der Waals surface area contributed by atoms with Gasteiger partial charge in [0.2, 0.25) is 10.0 Å². The van der Waals surface area contributed by atoms with Gasteiger partial charge in [0.15, 0.2) is 0 Å². The second kappa shape index (κ2) is 6.36. The fourth-order valence-corrected chi connectivity index (χ4v) is 4.02. The van der Waals surface area contributed by atoms with Gasteiger partial charge in [0.25, 0.3) is 0 Å². The first-order valence-electron chi connectivity index (χ1n) is 5.63. The van der Waals surface area contributed by atoms with Gasteiger partial charge in [0, 0.05) is 11.4 Å². The molecule has 0 saturated heterocycles.